The van der Waals surface area contributed by atoms with Gasteiger partial charge in [0, 0.05) is 60.0 Å². The van der Waals surface area contributed by atoms with Crippen LogP contribution in [0.1, 0.15) is 24.5 Å². The predicted octanol–water partition coefficient (Wildman–Crippen LogP) is 1.49. The van der Waals surface area contributed by atoms with Crippen LogP contribution in [0.25, 0.3) is 28.0 Å². The van der Waals surface area contributed by atoms with Crippen LogP contribution >= 0.6 is 0 Å². The molecule has 158 valence electrons. The lowest BCUT2D eigenvalue weighted by Crippen LogP contribution is -2.42. The van der Waals surface area contributed by atoms with E-state index >= 15 is 0 Å². The van der Waals surface area contributed by atoms with Gasteiger partial charge in [-0.25, -0.2) is 9.78 Å². The van der Waals surface area contributed by atoms with Gasteiger partial charge >= 0.3 is 6.03 Å². The highest BCUT2D eigenvalue weighted by atomic mass is 16.2. The monoisotopic (exact) mass is 424 g/mol. The van der Waals surface area contributed by atoms with Crippen molar-refractivity contribution in [1.82, 2.24) is 29.5 Å². The highest BCUT2D eigenvalue weighted by molar-refractivity contribution is 6.36. The second kappa shape index (κ2) is 7.95. The van der Waals surface area contributed by atoms with Crippen molar-refractivity contribution < 1.29 is 4.79 Å². The number of hydrogen-bond donors (Lipinski definition) is 2. The molecule has 0 aliphatic carbocycles. The lowest BCUT2D eigenvalue weighted by atomic mass is 9.84. The number of amides is 2. The van der Waals surface area contributed by atoms with Crippen LogP contribution < -0.4 is 16.9 Å². The summed E-state index contributed by atoms with van der Waals surface area (Å²) in [6, 6.07) is 7.36. The molecule has 0 spiro atoms. The summed E-state index contributed by atoms with van der Waals surface area (Å²) in [4.78, 5) is 26.7. The van der Waals surface area contributed by atoms with E-state index < -0.39 is 6.03 Å². The zero-order valence-corrected chi connectivity index (χ0v) is 17.3. The molecule has 1 aliphatic rings. The van der Waals surface area contributed by atoms with Gasteiger partial charge in [-0.1, -0.05) is 6.07 Å². The molecule has 2 amide bonds. The van der Waals surface area contributed by atoms with Crippen molar-refractivity contribution in [1.29, 1.82) is 0 Å². The van der Waals surface area contributed by atoms with Crippen molar-refractivity contribution in [2.45, 2.75) is 18.8 Å². The van der Waals surface area contributed by atoms with Gasteiger partial charge in [0.1, 0.15) is 13.7 Å². The molecule has 0 atom stereocenters. The molecule has 0 saturated carbocycles. The van der Waals surface area contributed by atoms with Crippen molar-refractivity contribution in [3.8, 4) is 22.4 Å². The largest absolute Gasteiger partial charge is 0.384 e. The second-order valence-electron chi connectivity index (χ2n) is 7.86. The third-order valence-corrected chi connectivity index (χ3v) is 5.98. The molecule has 1 aliphatic heterocycles. The number of fused-ring (bicyclic) bond motifs is 1. The number of urea groups is 1. The Morgan fingerprint density at radius 3 is 2.56 bits per heavy atom. The molecular weight excluding hydrogens is 403 g/mol. The van der Waals surface area contributed by atoms with Crippen LogP contribution in [0.3, 0.4) is 0 Å². The summed E-state index contributed by atoms with van der Waals surface area (Å²) >= 11 is 0. The Morgan fingerprint density at radius 1 is 1.09 bits per heavy atom. The topological polar surface area (TPSA) is 128 Å². The maximum Gasteiger partial charge on any atom is 0.314 e. The van der Waals surface area contributed by atoms with E-state index in [0.717, 1.165) is 40.9 Å². The van der Waals surface area contributed by atoms with E-state index in [9.17, 15) is 4.79 Å². The number of carbonyl (C=O) groups is 1. The smallest absolute Gasteiger partial charge is 0.314 e. The van der Waals surface area contributed by atoms with Crippen LogP contribution in [-0.2, 0) is 0 Å². The molecule has 0 unspecified atom stereocenters. The first-order valence-electron chi connectivity index (χ1n) is 10.4. The van der Waals surface area contributed by atoms with Crippen LogP contribution in [-0.4, -0.2) is 56.4 Å². The van der Waals surface area contributed by atoms with Gasteiger partial charge in [-0.3, -0.25) is 9.97 Å². The zero-order valence-electron chi connectivity index (χ0n) is 17.3. The summed E-state index contributed by atoms with van der Waals surface area (Å²) < 4.78 is 1.56. The Kier molecular flexibility index (Phi) is 4.97. The first-order chi connectivity index (χ1) is 15.5. The molecule has 4 aromatic heterocycles. The molecule has 0 aromatic carbocycles. The standard InChI is InChI=1S/C22H21BN8O/c23-18-19(13-5-8-30(9-6-13)22(25)32)29-21-16(12-28-31(21)20(18)24)14-3-4-17(27-11-14)15-2-1-7-26-10-15/h1-4,7,10-13H,5-6,8-9,24H2,(H2,25,32). The minimum Gasteiger partial charge on any atom is -0.384 e. The quantitative estimate of drug-likeness (QED) is 0.480. The number of carbonyl (C=O) groups excluding carboxylic acids is 1. The summed E-state index contributed by atoms with van der Waals surface area (Å²) in [6.45, 7) is 1.14. The number of anilines is 1. The van der Waals surface area contributed by atoms with Gasteiger partial charge in [-0.05, 0) is 36.5 Å². The van der Waals surface area contributed by atoms with Gasteiger partial charge < -0.3 is 16.4 Å². The number of primary amides is 1. The maximum atomic E-state index is 11.4. The molecule has 4 aromatic rings. The van der Waals surface area contributed by atoms with Crippen LogP contribution in [0.2, 0.25) is 0 Å². The highest BCUT2D eigenvalue weighted by Crippen LogP contribution is 2.30. The van der Waals surface area contributed by atoms with Crippen molar-refractivity contribution in [2.75, 3.05) is 18.8 Å². The number of nitrogens with two attached hydrogens (primary N) is 2. The molecule has 1 saturated heterocycles. The Morgan fingerprint density at radius 2 is 1.91 bits per heavy atom. The zero-order chi connectivity index (χ0) is 22.2. The predicted molar refractivity (Wildman–Crippen MR) is 122 cm³/mol. The highest BCUT2D eigenvalue weighted by Gasteiger charge is 2.26. The van der Waals surface area contributed by atoms with Gasteiger partial charge in [0.15, 0.2) is 5.65 Å². The van der Waals surface area contributed by atoms with E-state index in [-0.39, 0.29) is 5.92 Å². The third-order valence-electron chi connectivity index (χ3n) is 5.98. The van der Waals surface area contributed by atoms with E-state index in [1.807, 2.05) is 24.3 Å². The van der Waals surface area contributed by atoms with Crippen LogP contribution in [0.4, 0.5) is 10.6 Å². The summed E-state index contributed by atoms with van der Waals surface area (Å²) in [7, 11) is 6.33. The SMILES string of the molecule is [B]c1c(C2CCN(C(N)=O)CC2)nc2c(-c3ccc(-c4cccnc4)nc3)cnn2c1N. The molecule has 5 rings (SSSR count). The summed E-state index contributed by atoms with van der Waals surface area (Å²) in [5.74, 6) is 0.445. The van der Waals surface area contributed by atoms with Gasteiger partial charge in [0.25, 0.3) is 0 Å². The average molecular weight is 424 g/mol. The maximum absolute atomic E-state index is 11.4. The fraction of sp³-hybridized carbons (Fsp3) is 0.227. The van der Waals surface area contributed by atoms with E-state index in [0.29, 0.717) is 30.0 Å². The van der Waals surface area contributed by atoms with Crippen molar-refractivity contribution in [3.05, 3.63) is 54.7 Å². The van der Waals surface area contributed by atoms with Crippen molar-refractivity contribution >= 4 is 30.8 Å². The lowest BCUT2D eigenvalue weighted by Gasteiger charge is -2.31. The molecule has 32 heavy (non-hydrogen) atoms. The third kappa shape index (κ3) is 3.43. The number of rotatable bonds is 3. The fourth-order valence-electron chi connectivity index (χ4n) is 4.17. The Labute approximate surface area is 185 Å². The van der Waals surface area contributed by atoms with Crippen LogP contribution in [0.5, 0.6) is 0 Å². The van der Waals surface area contributed by atoms with E-state index in [1.165, 1.54) is 0 Å². The first kappa shape index (κ1) is 20.0. The second-order valence-corrected chi connectivity index (χ2v) is 7.86. The summed E-state index contributed by atoms with van der Waals surface area (Å²) in [5, 5.41) is 4.40. The summed E-state index contributed by atoms with van der Waals surface area (Å²) in [5.41, 5.74) is 17.0. The van der Waals surface area contributed by atoms with Crippen molar-refractivity contribution in [2.24, 2.45) is 5.73 Å². The van der Waals surface area contributed by atoms with Crippen LogP contribution in [0.15, 0.2) is 49.1 Å². The number of pyridine rings is 2. The number of piperidine rings is 1. The normalized spacial score (nSPS) is 14.7. The molecule has 0 bridgehead atoms. The number of nitrogens with zero attached hydrogens (tertiary/aromatic N) is 6. The average Bonchev–Trinajstić information content (AvgIpc) is 3.26. The van der Waals surface area contributed by atoms with Crippen molar-refractivity contribution in [3.63, 3.8) is 0 Å². The Hall–Kier alpha value is -3.95. The van der Waals surface area contributed by atoms with E-state index in [2.05, 4.69) is 15.1 Å². The Bertz CT molecular complexity index is 1280. The number of likely N-dealkylation sites (tertiary alicyclic amines) is 1. The lowest BCUT2D eigenvalue weighted by molar-refractivity contribution is 0.190. The molecule has 4 N–H and O–H groups in total. The Balaban J connectivity index is 1.51. The fourth-order valence-corrected chi connectivity index (χ4v) is 4.17. The molecule has 9 nitrogen and oxygen atoms in total. The van der Waals surface area contributed by atoms with Gasteiger partial charge in [0.05, 0.1) is 11.9 Å². The number of nitrogen functional groups attached to an aromatic ring is 1. The van der Waals surface area contributed by atoms with Gasteiger partial charge in [-0.15, -0.1) is 0 Å². The van der Waals surface area contributed by atoms with Gasteiger partial charge in [0.2, 0.25) is 0 Å². The van der Waals surface area contributed by atoms with Crippen LogP contribution in [0, 0.1) is 0 Å². The molecule has 1 fully saturated rings. The summed E-state index contributed by atoms with van der Waals surface area (Å²) in [6.07, 6.45) is 8.46. The minimum absolute atomic E-state index is 0.0896. The minimum atomic E-state index is -0.403. The number of aromatic nitrogens is 5. The number of hydrogen-bond acceptors (Lipinski definition) is 6. The van der Waals surface area contributed by atoms with Gasteiger partial charge in [-0.2, -0.15) is 9.61 Å². The van der Waals surface area contributed by atoms with E-state index in [4.69, 9.17) is 24.3 Å². The first-order valence-corrected chi connectivity index (χ1v) is 10.4. The molecule has 10 heteroatoms. The molecular formula is C22H21BN8O. The molecule has 5 heterocycles. The van der Waals surface area contributed by atoms with E-state index in [1.54, 1.807) is 34.2 Å². The molecule has 2 radical (unpaired) electrons.